The van der Waals surface area contributed by atoms with Crippen LogP contribution in [0.15, 0.2) is 65.1 Å². The average Bonchev–Trinajstić information content (AvgIpc) is 3.15. The van der Waals surface area contributed by atoms with Crippen molar-refractivity contribution in [1.29, 1.82) is 5.26 Å². The molecule has 1 aliphatic rings. The minimum Gasteiger partial charge on any atom is -0.376 e. The van der Waals surface area contributed by atoms with Crippen LogP contribution in [0.1, 0.15) is 18.9 Å². The zero-order valence-corrected chi connectivity index (χ0v) is 13.9. The molecule has 0 aromatic carbocycles. The number of pyridine rings is 1. The van der Waals surface area contributed by atoms with Gasteiger partial charge in [0.1, 0.15) is 6.07 Å². The van der Waals surface area contributed by atoms with Gasteiger partial charge in [0.25, 0.3) is 0 Å². The first-order valence-electron chi connectivity index (χ1n) is 7.76. The Kier molecular flexibility index (Phi) is 4.67. The molecule has 3 heterocycles. The molecule has 2 aromatic rings. The summed E-state index contributed by atoms with van der Waals surface area (Å²) in [5.74, 6) is 0. The molecule has 7 heteroatoms. The first-order chi connectivity index (χ1) is 11.6. The second-order valence-corrected chi connectivity index (χ2v) is 7.54. The number of piperidine rings is 1. The van der Waals surface area contributed by atoms with Gasteiger partial charge in [0, 0.05) is 43.9 Å². The van der Waals surface area contributed by atoms with Gasteiger partial charge in [0.15, 0.2) is 9.93 Å². The Hall–Kier alpha value is -2.59. The Balaban J connectivity index is 1.74. The van der Waals surface area contributed by atoms with Crippen molar-refractivity contribution in [2.75, 3.05) is 13.1 Å². The number of likely N-dealkylation sites (tertiary alicyclic amines) is 1. The Morgan fingerprint density at radius 1 is 1.21 bits per heavy atom. The standard InChI is InChI=1S/C17H18N4O2S/c18-13-16(24(22,23)17-5-1-2-8-19-17)14-20-11-6-15(7-12-20)21-9-3-4-10-21/h1-5,8-10,14-15H,6-7,11-12H2/b16-14+. The van der Waals surface area contributed by atoms with E-state index in [-0.39, 0.29) is 9.93 Å². The quantitative estimate of drug-likeness (QED) is 0.797. The number of hydrogen-bond donors (Lipinski definition) is 0. The van der Waals surface area contributed by atoms with E-state index in [9.17, 15) is 13.7 Å². The maximum Gasteiger partial charge on any atom is 0.235 e. The van der Waals surface area contributed by atoms with Gasteiger partial charge in [0.05, 0.1) is 0 Å². The molecule has 0 unspecified atom stereocenters. The van der Waals surface area contributed by atoms with Crippen molar-refractivity contribution >= 4 is 9.84 Å². The normalized spacial score (nSPS) is 16.8. The van der Waals surface area contributed by atoms with Crippen molar-refractivity contribution in [3.63, 3.8) is 0 Å². The molecule has 0 amide bonds. The van der Waals surface area contributed by atoms with Crippen molar-refractivity contribution in [2.24, 2.45) is 0 Å². The molecule has 1 aliphatic heterocycles. The molecule has 0 bridgehead atoms. The fourth-order valence-corrected chi connectivity index (χ4v) is 3.94. The molecule has 6 nitrogen and oxygen atoms in total. The van der Waals surface area contributed by atoms with Crippen LogP contribution < -0.4 is 0 Å². The molecule has 24 heavy (non-hydrogen) atoms. The summed E-state index contributed by atoms with van der Waals surface area (Å²) in [6, 6.07) is 10.9. The van der Waals surface area contributed by atoms with Crippen LogP contribution in [-0.4, -0.2) is 36.0 Å². The highest BCUT2D eigenvalue weighted by Crippen LogP contribution is 2.24. The molecule has 1 fully saturated rings. The van der Waals surface area contributed by atoms with Gasteiger partial charge < -0.3 is 9.47 Å². The smallest absolute Gasteiger partial charge is 0.235 e. The van der Waals surface area contributed by atoms with E-state index in [1.807, 2.05) is 35.5 Å². The third-order valence-electron chi connectivity index (χ3n) is 4.16. The molecule has 124 valence electrons. The SMILES string of the molecule is N#C/C(=C\N1CCC(n2cccc2)CC1)S(=O)(=O)c1ccccn1. The third kappa shape index (κ3) is 3.34. The number of allylic oxidation sites excluding steroid dienone is 1. The topological polar surface area (TPSA) is 79.0 Å². The van der Waals surface area contributed by atoms with Crippen LogP contribution in [-0.2, 0) is 9.84 Å². The van der Waals surface area contributed by atoms with Gasteiger partial charge in [-0.25, -0.2) is 13.4 Å². The van der Waals surface area contributed by atoms with Crippen molar-refractivity contribution < 1.29 is 8.42 Å². The lowest BCUT2D eigenvalue weighted by molar-refractivity contribution is 0.244. The van der Waals surface area contributed by atoms with Crippen LogP contribution in [0.25, 0.3) is 0 Å². The summed E-state index contributed by atoms with van der Waals surface area (Å²) in [7, 11) is -3.87. The molecule has 0 radical (unpaired) electrons. The van der Waals surface area contributed by atoms with Crippen LogP contribution in [0.5, 0.6) is 0 Å². The van der Waals surface area contributed by atoms with Gasteiger partial charge >= 0.3 is 0 Å². The average molecular weight is 342 g/mol. The Bertz CT molecular complexity index is 844. The lowest BCUT2D eigenvalue weighted by Crippen LogP contribution is -2.31. The molecule has 1 saturated heterocycles. The van der Waals surface area contributed by atoms with E-state index in [1.54, 1.807) is 12.1 Å². The van der Waals surface area contributed by atoms with Crippen LogP contribution in [0.3, 0.4) is 0 Å². The monoisotopic (exact) mass is 342 g/mol. The van der Waals surface area contributed by atoms with E-state index in [0.29, 0.717) is 19.1 Å². The largest absolute Gasteiger partial charge is 0.376 e. The van der Waals surface area contributed by atoms with Crippen LogP contribution in [0, 0.1) is 11.3 Å². The molecule has 0 aliphatic carbocycles. The van der Waals surface area contributed by atoms with E-state index in [2.05, 4.69) is 9.55 Å². The highest BCUT2D eigenvalue weighted by molar-refractivity contribution is 7.95. The summed E-state index contributed by atoms with van der Waals surface area (Å²) in [5.41, 5.74) is 0. The highest BCUT2D eigenvalue weighted by Gasteiger charge is 2.25. The fraction of sp³-hybridized carbons (Fsp3) is 0.294. The Morgan fingerprint density at radius 2 is 1.92 bits per heavy atom. The van der Waals surface area contributed by atoms with E-state index in [1.165, 1.54) is 18.5 Å². The summed E-state index contributed by atoms with van der Waals surface area (Å²) < 4.78 is 27.2. The minimum atomic E-state index is -3.87. The summed E-state index contributed by atoms with van der Waals surface area (Å²) in [4.78, 5) is 5.49. The molecule has 0 spiro atoms. The number of nitriles is 1. The van der Waals surface area contributed by atoms with Gasteiger partial charge in [-0.3, -0.25) is 0 Å². The number of sulfone groups is 1. The van der Waals surface area contributed by atoms with Crippen LogP contribution >= 0.6 is 0 Å². The van der Waals surface area contributed by atoms with Gasteiger partial charge in [-0.05, 0) is 37.1 Å². The number of hydrogen-bond acceptors (Lipinski definition) is 5. The van der Waals surface area contributed by atoms with Gasteiger partial charge in [-0.15, -0.1) is 0 Å². The summed E-state index contributed by atoms with van der Waals surface area (Å²) >= 11 is 0. The zero-order valence-electron chi connectivity index (χ0n) is 13.1. The van der Waals surface area contributed by atoms with E-state index < -0.39 is 9.84 Å². The first kappa shape index (κ1) is 16.3. The van der Waals surface area contributed by atoms with Gasteiger partial charge in [-0.2, -0.15) is 5.26 Å². The molecular weight excluding hydrogens is 324 g/mol. The number of rotatable bonds is 4. The number of nitrogens with zero attached hydrogens (tertiary/aromatic N) is 4. The summed E-state index contributed by atoms with van der Waals surface area (Å²) in [5, 5.41) is 9.20. The van der Waals surface area contributed by atoms with Gasteiger partial charge in [-0.1, -0.05) is 6.07 Å². The Labute approximate surface area is 141 Å². The molecule has 0 atom stereocenters. The maximum absolute atomic E-state index is 12.5. The van der Waals surface area contributed by atoms with E-state index in [4.69, 9.17) is 0 Å². The fourth-order valence-electron chi connectivity index (χ4n) is 2.85. The molecule has 2 aromatic heterocycles. The molecule has 3 rings (SSSR count). The van der Waals surface area contributed by atoms with Crippen molar-refractivity contribution in [3.8, 4) is 6.07 Å². The van der Waals surface area contributed by atoms with E-state index >= 15 is 0 Å². The number of aromatic nitrogens is 2. The second kappa shape index (κ2) is 6.89. The van der Waals surface area contributed by atoms with E-state index in [0.717, 1.165) is 12.8 Å². The molecule has 0 saturated carbocycles. The maximum atomic E-state index is 12.5. The molecule has 0 N–H and O–H groups in total. The lowest BCUT2D eigenvalue weighted by atomic mass is 10.1. The molecular formula is C17H18N4O2S. The van der Waals surface area contributed by atoms with Crippen molar-refractivity contribution in [2.45, 2.75) is 23.9 Å². The van der Waals surface area contributed by atoms with Gasteiger partial charge in [0.2, 0.25) is 9.84 Å². The summed E-state index contributed by atoms with van der Waals surface area (Å²) in [6.07, 6.45) is 8.77. The Morgan fingerprint density at radius 3 is 2.50 bits per heavy atom. The van der Waals surface area contributed by atoms with Crippen molar-refractivity contribution in [3.05, 3.63) is 60.0 Å². The van der Waals surface area contributed by atoms with Crippen LogP contribution in [0.4, 0.5) is 0 Å². The third-order valence-corrected chi connectivity index (χ3v) is 5.73. The highest BCUT2D eigenvalue weighted by atomic mass is 32.2. The predicted molar refractivity (Wildman–Crippen MR) is 89.4 cm³/mol. The van der Waals surface area contributed by atoms with Crippen LogP contribution in [0.2, 0.25) is 0 Å². The summed E-state index contributed by atoms with van der Waals surface area (Å²) in [6.45, 7) is 1.43. The zero-order chi connectivity index (χ0) is 17.0. The second-order valence-electron chi connectivity index (χ2n) is 5.67. The first-order valence-corrected chi connectivity index (χ1v) is 9.24. The lowest BCUT2D eigenvalue weighted by Gasteiger charge is -2.32. The van der Waals surface area contributed by atoms with Crippen molar-refractivity contribution in [1.82, 2.24) is 14.5 Å². The minimum absolute atomic E-state index is 0.0972. The predicted octanol–water partition coefficient (Wildman–Crippen LogP) is 2.36.